The third kappa shape index (κ3) is 3.28. The van der Waals surface area contributed by atoms with Crippen molar-refractivity contribution in [1.82, 2.24) is 4.98 Å². The Morgan fingerprint density at radius 3 is 2.86 bits per heavy atom. The van der Waals surface area contributed by atoms with Gasteiger partial charge in [-0.25, -0.2) is 0 Å². The Morgan fingerprint density at radius 1 is 1.14 bits per heavy atom. The molecule has 0 saturated heterocycles. The largest absolute Gasteiger partial charge is 0.508 e. The zero-order valence-electron chi connectivity index (χ0n) is 12.2. The molecule has 0 fully saturated rings. The van der Waals surface area contributed by atoms with Crippen molar-refractivity contribution in [3.8, 4) is 5.75 Å². The van der Waals surface area contributed by atoms with Crippen LogP contribution >= 0.6 is 0 Å². The van der Waals surface area contributed by atoms with Gasteiger partial charge in [0.1, 0.15) is 5.75 Å². The number of nitrogens with one attached hydrogen (secondary N) is 2. The molecule has 0 aliphatic heterocycles. The maximum Gasteiger partial charge on any atom is 0.224 e. The molecular formula is C18H18N2O2. The van der Waals surface area contributed by atoms with Crippen LogP contribution in [0.2, 0.25) is 0 Å². The molecule has 4 heteroatoms. The van der Waals surface area contributed by atoms with Crippen LogP contribution in [0.5, 0.6) is 5.75 Å². The van der Waals surface area contributed by atoms with Crippen molar-refractivity contribution in [1.29, 1.82) is 0 Å². The maximum absolute atomic E-state index is 11.9. The van der Waals surface area contributed by atoms with Gasteiger partial charge in [0.25, 0.3) is 0 Å². The van der Waals surface area contributed by atoms with Crippen LogP contribution < -0.4 is 5.32 Å². The summed E-state index contributed by atoms with van der Waals surface area (Å²) in [6.45, 7) is 0. The Balaban J connectivity index is 1.53. The SMILES string of the molecule is O=C(CCCc1c[nH]c2ccccc12)Nc1cccc(O)c1. The summed E-state index contributed by atoms with van der Waals surface area (Å²) in [7, 11) is 0. The van der Waals surface area contributed by atoms with Crippen LogP contribution in [0.3, 0.4) is 0 Å². The molecule has 0 spiro atoms. The second kappa shape index (κ2) is 6.35. The highest BCUT2D eigenvalue weighted by molar-refractivity contribution is 5.91. The van der Waals surface area contributed by atoms with Crippen LogP contribution in [0.15, 0.2) is 54.7 Å². The number of benzene rings is 2. The molecule has 1 aromatic heterocycles. The fraction of sp³-hybridized carbons (Fsp3) is 0.167. The number of rotatable bonds is 5. The van der Waals surface area contributed by atoms with Gasteiger partial charge < -0.3 is 15.4 Å². The van der Waals surface area contributed by atoms with Crippen molar-refractivity contribution < 1.29 is 9.90 Å². The molecule has 4 nitrogen and oxygen atoms in total. The van der Waals surface area contributed by atoms with Gasteiger partial charge in [-0.15, -0.1) is 0 Å². The Hall–Kier alpha value is -2.75. The normalized spacial score (nSPS) is 10.7. The molecule has 1 amide bonds. The topological polar surface area (TPSA) is 65.1 Å². The fourth-order valence-corrected chi connectivity index (χ4v) is 2.59. The molecule has 1 heterocycles. The smallest absolute Gasteiger partial charge is 0.224 e. The number of carbonyl (C=O) groups is 1. The lowest BCUT2D eigenvalue weighted by Gasteiger charge is -2.05. The number of hydrogen-bond acceptors (Lipinski definition) is 2. The van der Waals surface area contributed by atoms with E-state index in [0.29, 0.717) is 12.1 Å². The molecule has 2 aromatic carbocycles. The molecule has 0 unspecified atom stereocenters. The van der Waals surface area contributed by atoms with E-state index < -0.39 is 0 Å². The van der Waals surface area contributed by atoms with E-state index in [-0.39, 0.29) is 11.7 Å². The standard InChI is InChI=1S/C18H18N2O2/c21-15-7-4-6-14(11-15)20-18(22)10-3-5-13-12-19-17-9-2-1-8-16(13)17/h1-2,4,6-9,11-12,19,21H,3,5,10H2,(H,20,22). The molecule has 22 heavy (non-hydrogen) atoms. The van der Waals surface area contributed by atoms with Gasteiger partial charge in [0.2, 0.25) is 5.91 Å². The number of amides is 1. The Labute approximate surface area is 128 Å². The first-order valence-electron chi connectivity index (χ1n) is 7.36. The average Bonchev–Trinajstić information content (AvgIpc) is 2.91. The van der Waals surface area contributed by atoms with Gasteiger partial charge in [-0.3, -0.25) is 4.79 Å². The number of carbonyl (C=O) groups excluding carboxylic acids is 1. The Bertz CT molecular complexity index is 792. The highest BCUT2D eigenvalue weighted by Gasteiger charge is 2.06. The molecule has 0 aliphatic carbocycles. The predicted octanol–water partition coefficient (Wildman–Crippen LogP) is 3.83. The minimum atomic E-state index is -0.0366. The van der Waals surface area contributed by atoms with Gasteiger partial charge in [-0.05, 0) is 36.6 Å². The summed E-state index contributed by atoms with van der Waals surface area (Å²) >= 11 is 0. The summed E-state index contributed by atoms with van der Waals surface area (Å²) in [6.07, 6.45) is 4.11. The number of H-pyrrole nitrogens is 1. The first-order valence-corrected chi connectivity index (χ1v) is 7.36. The summed E-state index contributed by atoms with van der Waals surface area (Å²) in [4.78, 5) is 15.2. The zero-order chi connectivity index (χ0) is 15.4. The molecule has 0 atom stereocenters. The van der Waals surface area contributed by atoms with Crippen LogP contribution in [0, 0.1) is 0 Å². The second-order valence-electron chi connectivity index (χ2n) is 5.31. The number of fused-ring (bicyclic) bond motifs is 1. The van der Waals surface area contributed by atoms with Crippen molar-refractivity contribution in [3.05, 3.63) is 60.3 Å². The maximum atomic E-state index is 11.9. The van der Waals surface area contributed by atoms with E-state index in [2.05, 4.69) is 16.4 Å². The number of phenolic OH excluding ortho intramolecular Hbond substituents is 1. The van der Waals surface area contributed by atoms with E-state index in [0.717, 1.165) is 18.4 Å². The molecule has 0 aliphatic rings. The summed E-state index contributed by atoms with van der Waals surface area (Å²) in [5.41, 5.74) is 2.99. The van der Waals surface area contributed by atoms with Crippen molar-refractivity contribution in [3.63, 3.8) is 0 Å². The molecular weight excluding hydrogens is 276 g/mol. The molecule has 0 bridgehead atoms. The molecule has 3 N–H and O–H groups in total. The van der Waals surface area contributed by atoms with Gasteiger partial charge in [0.15, 0.2) is 0 Å². The average molecular weight is 294 g/mol. The lowest BCUT2D eigenvalue weighted by molar-refractivity contribution is -0.116. The Kier molecular flexibility index (Phi) is 4.10. The Morgan fingerprint density at radius 2 is 2.00 bits per heavy atom. The molecule has 0 radical (unpaired) electrons. The van der Waals surface area contributed by atoms with E-state index in [4.69, 9.17) is 0 Å². The number of para-hydroxylation sites is 1. The number of phenols is 1. The van der Waals surface area contributed by atoms with Gasteiger partial charge in [0.05, 0.1) is 0 Å². The number of hydrogen-bond donors (Lipinski definition) is 3. The number of anilines is 1. The molecule has 3 aromatic rings. The van der Waals surface area contributed by atoms with Crippen LogP contribution in [0.1, 0.15) is 18.4 Å². The minimum absolute atomic E-state index is 0.0366. The van der Waals surface area contributed by atoms with Crippen LogP contribution in [-0.4, -0.2) is 16.0 Å². The number of aryl methyl sites for hydroxylation is 1. The quantitative estimate of drug-likeness (QED) is 0.669. The van der Waals surface area contributed by atoms with E-state index in [9.17, 15) is 9.90 Å². The number of aromatic hydroxyl groups is 1. The van der Waals surface area contributed by atoms with Crippen LogP contribution in [-0.2, 0) is 11.2 Å². The first kappa shape index (κ1) is 14.2. The molecule has 0 saturated carbocycles. The van der Waals surface area contributed by atoms with Gasteiger partial charge in [0, 0.05) is 35.3 Å². The lowest BCUT2D eigenvalue weighted by atomic mass is 10.1. The van der Waals surface area contributed by atoms with E-state index in [1.165, 1.54) is 17.0 Å². The minimum Gasteiger partial charge on any atom is -0.508 e. The summed E-state index contributed by atoms with van der Waals surface area (Å²) in [6, 6.07) is 14.7. The van der Waals surface area contributed by atoms with Crippen molar-refractivity contribution >= 4 is 22.5 Å². The molecule has 3 rings (SSSR count). The first-order chi connectivity index (χ1) is 10.7. The predicted molar refractivity (Wildman–Crippen MR) is 88.0 cm³/mol. The zero-order valence-corrected chi connectivity index (χ0v) is 12.2. The van der Waals surface area contributed by atoms with Crippen LogP contribution in [0.25, 0.3) is 10.9 Å². The monoisotopic (exact) mass is 294 g/mol. The van der Waals surface area contributed by atoms with Crippen molar-refractivity contribution in [2.45, 2.75) is 19.3 Å². The highest BCUT2D eigenvalue weighted by atomic mass is 16.3. The summed E-state index contributed by atoms with van der Waals surface area (Å²) in [5.74, 6) is 0.113. The second-order valence-corrected chi connectivity index (χ2v) is 5.31. The highest BCUT2D eigenvalue weighted by Crippen LogP contribution is 2.20. The molecule has 112 valence electrons. The van der Waals surface area contributed by atoms with E-state index >= 15 is 0 Å². The van der Waals surface area contributed by atoms with Crippen molar-refractivity contribution in [2.75, 3.05) is 5.32 Å². The van der Waals surface area contributed by atoms with Gasteiger partial charge >= 0.3 is 0 Å². The van der Waals surface area contributed by atoms with Crippen LogP contribution in [0.4, 0.5) is 5.69 Å². The summed E-state index contributed by atoms with van der Waals surface area (Å²) in [5, 5.41) is 13.4. The third-order valence-corrected chi connectivity index (χ3v) is 3.65. The third-order valence-electron chi connectivity index (χ3n) is 3.65. The fourth-order valence-electron chi connectivity index (χ4n) is 2.59. The summed E-state index contributed by atoms with van der Waals surface area (Å²) < 4.78 is 0. The van der Waals surface area contributed by atoms with Crippen molar-refractivity contribution in [2.24, 2.45) is 0 Å². The number of aromatic nitrogens is 1. The van der Waals surface area contributed by atoms with Gasteiger partial charge in [-0.2, -0.15) is 0 Å². The van der Waals surface area contributed by atoms with E-state index in [1.54, 1.807) is 18.2 Å². The lowest BCUT2D eigenvalue weighted by Crippen LogP contribution is -2.11. The van der Waals surface area contributed by atoms with Gasteiger partial charge in [-0.1, -0.05) is 24.3 Å². The number of aromatic amines is 1. The van der Waals surface area contributed by atoms with E-state index in [1.807, 2.05) is 24.4 Å².